The Morgan fingerprint density at radius 1 is 1.31 bits per heavy atom. The summed E-state index contributed by atoms with van der Waals surface area (Å²) in [4.78, 5) is 10.4. The lowest BCUT2D eigenvalue weighted by Gasteiger charge is -2.01. The van der Waals surface area contributed by atoms with Gasteiger partial charge in [0.1, 0.15) is 12.7 Å². The molecule has 1 aromatic carbocycles. The fourth-order valence-electron chi connectivity index (χ4n) is 1.29. The highest BCUT2D eigenvalue weighted by molar-refractivity contribution is 5.85. The summed E-state index contributed by atoms with van der Waals surface area (Å²) in [7, 11) is 0. The van der Waals surface area contributed by atoms with Crippen molar-refractivity contribution in [3.8, 4) is 5.69 Å². The minimum Gasteiger partial charge on any atom is -0.478 e. The molecule has 5 heteroatoms. The van der Waals surface area contributed by atoms with Crippen LogP contribution in [0.3, 0.4) is 0 Å². The van der Waals surface area contributed by atoms with E-state index >= 15 is 0 Å². The number of benzene rings is 1. The number of nitrogens with zero attached hydrogens (tertiary/aromatic N) is 3. The number of carboxylic acids is 1. The Morgan fingerprint density at radius 3 is 2.75 bits per heavy atom. The Labute approximate surface area is 91.7 Å². The van der Waals surface area contributed by atoms with Crippen molar-refractivity contribution in [3.05, 3.63) is 48.6 Å². The molecule has 1 heterocycles. The molecule has 0 aliphatic carbocycles. The van der Waals surface area contributed by atoms with E-state index in [2.05, 4.69) is 10.2 Å². The van der Waals surface area contributed by atoms with Gasteiger partial charge in [0.2, 0.25) is 0 Å². The molecule has 0 unspecified atom stereocenters. The molecule has 0 aliphatic rings. The summed E-state index contributed by atoms with van der Waals surface area (Å²) in [5, 5.41) is 15.9. The predicted molar refractivity (Wildman–Crippen MR) is 58.0 cm³/mol. The second-order valence-corrected chi connectivity index (χ2v) is 3.14. The normalized spacial score (nSPS) is 10.8. The van der Waals surface area contributed by atoms with Gasteiger partial charge in [-0.25, -0.2) is 4.79 Å². The highest BCUT2D eigenvalue weighted by Crippen LogP contribution is 2.10. The summed E-state index contributed by atoms with van der Waals surface area (Å²) in [6.45, 7) is 0. The van der Waals surface area contributed by atoms with Gasteiger partial charge in [0.25, 0.3) is 0 Å². The molecule has 0 saturated carbocycles. The third-order valence-electron chi connectivity index (χ3n) is 2.01. The van der Waals surface area contributed by atoms with Gasteiger partial charge in [0, 0.05) is 11.8 Å². The molecule has 1 aromatic heterocycles. The second-order valence-electron chi connectivity index (χ2n) is 3.14. The van der Waals surface area contributed by atoms with Crippen molar-refractivity contribution in [1.29, 1.82) is 0 Å². The Bertz CT molecular complexity index is 518. The zero-order valence-electron chi connectivity index (χ0n) is 8.32. The van der Waals surface area contributed by atoms with Gasteiger partial charge < -0.3 is 5.11 Å². The van der Waals surface area contributed by atoms with E-state index in [1.807, 2.05) is 24.3 Å². The first kappa shape index (κ1) is 10.1. The summed E-state index contributed by atoms with van der Waals surface area (Å²) in [5.41, 5.74) is 1.70. The number of carbonyl (C=O) groups is 1. The first-order valence-electron chi connectivity index (χ1n) is 4.62. The third-order valence-corrected chi connectivity index (χ3v) is 2.01. The van der Waals surface area contributed by atoms with Gasteiger partial charge in [-0.3, -0.25) is 4.57 Å². The van der Waals surface area contributed by atoms with Crippen molar-refractivity contribution in [2.24, 2.45) is 0 Å². The summed E-state index contributed by atoms with van der Waals surface area (Å²) in [5.74, 6) is -0.963. The Morgan fingerprint density at radius 2 is 2.06 bits per heavy atom. The van der Waals surface area contributed by atoms with Crippen LogP contribution in [-0.2, 0) is 4.79 Å². The quantitative estimate of drug-likeness (QED) is 0.785. The third kappa shape index (κ3) is 2.33. The van der Waals surface area contributed by atoms with Gasteiger partial charge in [-0.1, -0.05) is 12.1 Å². The van der Waals surface area contributed by atoms with Crippen molar-refractivity contribution in [1.82, 2.24) is 14.8 Å². The van der Waals surface area contributed by atoms with Crippen LogP contribution >= 0.6 is 0 Å². The molecule has 2 rings (SSSR count). The molecule has 5 nitrogen and oxygen atoms in total. The van der Waals surface area contributed by atoms with Crippen LogP contribution in [0.15, 0.2) is 43.0 Å². The molecule has 0 radical (unpaired) electrons. The minimum absolute atomic E-state index is 0.814. The van der Waals surface area contributed by atoms with Gasteiger partial charge in [0.15, 0.2) is 0 Å². The Hall–Kier alpha value is -2.43. The van der Waals surface area contributed by atoms with Crippen molar-refractivity contribution >= 4 is 12.0 Å². The van der Waals surface area contributed by atoms with E-state index in [-0.39, 0.29) is 0 Å². The summed E-state index contributed by atoms with van der Waals surface area (Å²) < 4.78 is 1.75. The number of carboxylic acid groups (broad SMARTS) is 1. The SMILES string of the molecule is O=C(O)/C=C/c1cccc(-n2cnnc2)c1. The number of aromatic nitrogens is 3. The smallest absolute Gasteiger partial charge is 0.328 e. The van der Waals surface area contributed by atoms with E-state index in [4.69, 9.17) is 5.11 Å². The number of aliphatic carboxylic acids is 1. The highest BCUT2D eigenvalue weighted by Gasteiger charge is 1.96. The maximum atomic E-state index is 10.4. The number of rotatable bonds is 3. The average molecular weight is 215 g/mol. The molecular formula is C11H9N3O2. The first-order valence-corrected chi connectivity index (χ1v) is 4.62. The molecular weight excluding hydrogens is 206 g/mol. The molecule has 0 spiro atoms. The Balaban J connectivity index is 2.30. The van der Waals surface area contributed by atoms with E-state index in [0.29, 0.717) is 0 Å². The van der Waals surface area contributed by atoms with Gasteiger partial charge in [-0.05, 0) is 23.8 Å². The van der Waals surface area contributed by atoms with Crippen LogP contribution in [0.2, 0.25) is 0 Å². The zero-order valence-corrected chi connectivity index (χ0v) is 8.32. The molecule has 0 aliphatic heterocycles. The van der Waals surface area contributed by atoms with Crippen LogP contribution in [0, 0.1) is 0 Å². The molecule has 0 bridgehead atoms. The zero-order chi connectivity index (χ0) is 11.4. The van der Waals surface area contributed by atoms with E-state index in [1.165, 1.54) is 6.08 Å². The molecule has 16 heavy (non-hydrogen) atoms. The van der Waals surface area contributed by atoms with Gasteiger partial charge in [-0.15, -0.1) is 10.2 Å². The first-order chi connectivity index (χ1) is 7.75. The van der Waals surface area contributed by atoms with Crippen molar-refractivity contribution in [2.75, 3.05) is 0 Å². The average Bonchev–Trinajstić information content (AvgIpc) is 2.80. The fourth-order valence-corrected chi connectivity index (χ4v) is 1.29. The second kappa shape index (κ2) is 4.39. The molecule has 0 amide bonds. The van der Waals surface area contributed by atoms with Crippen molar-refractivity contribution in [3.63, 3.8) is 0 Å². The molecule has 0 fully saturated rings. The van der Waals surface area contributed by atoms with Crippen LogP contribution in [-0.4, -0.2) is 25.8 Å². The van der Waals surface area contributed by atoms with Crippen LogP contribution in [0.5, 0.6) is 0 Å². The summed E-state index contributed by atoms with van der Waals surface area (Å²) in [6, 6.07) is 7.41. The lowest BCUT2D eigenvalue weighted by molar-refractivity contribution is -0.131. The maximum Gasteiger partial charge on any atom is 0.328 e. The molecule has 0 atom stereocenters. The molecule has 0 saturated heterocycles. The predicted octanol–water partition coefficient (Wildman–Crippen LogP) is 1.37. The summed E-state index contributed by atoms with van der Waals surface area (Å²) >= 11 is 0. The highest BCUT2D eigenvalue weighted by atomic mass is 16.4. The maximum absolute atomic E-state index is 10.4. The van der Waals surface area contributed by atoms with E-state index in [0.717, 1.165) is 17.3 Å². The molecule has 1 N–H and O–H groups in total. The van der Waals surface area contributed by atoms with Crippen LogP contribution in [0.25, 0.3) is 11.8 Å². The van der Waals surface area contributed by atoms with E-state index in [9.17, 15) is 4.79 Å². The monoisotopic (exact) mass is 215 g/mol. The van der Waals surface area contributed by atoms with E-state index in [1.54, 1.807) is 17.2 Å². The number of hydrogen-bond donors (Lipinski definition) is 1. The van der Waals surface area contributed by atoms with Crippen molar-refractivity contribution < 1.29 is 9.90 Å². The largest absolute Gasteiger partial charge is 0.478 e. The summed E-state index contributed by atoms with van der Waals surface area (Å²) in [6.07, 6.45) is 5.81. The van der Waals surface area contributed by atoms with Gasteiger partial charge >= 0.3 is 5.97 Å². The van der Waals surface area contributed by atoms with Crippen LogP contribution < -0.4 is 0 Å². The topological polar surface area (TPSA) is 68.0 Å². The molecule has 80 valence electrons. The standard InChI is InChI=1S/C11H9N3O2/c15-11(16)5-4-9-2-1-3-10(6-9)14-7-12-13-8-14/h1-8H,(H,15,16)/b5-4+. The van der Waals surface area contributed by atoms with Gasteiger partial charge in [-0.2, -0.15) is 0 Å². The number of hydrogen-bond acceptors (Lipinski definition) is 3. The van der Waals surface area contributed by atoms with E-state index < -0.39 is 5.97 Å². The van der Waals surface area contributed by atoms with Crippen LogP contribution in [0.1, 0.15) is 5.56 Å². The Kier molecular flexibility index (Phi) is 2.77. The van der Waals surface area contributed by atoms with Gasteiger partial charge in [0.05, 0.1) is 0 Å². The van der Waals surface area contributed by atoms with Crippen molar-refractivity contribution in [2.45, 2.75) is 0 Å². The molecule has 2 aromatic rings. The lowest BCUT2D eigenvalue weighted by Crippen LogP contribution is -1.90. The fraction of sp³-hybridized carbons (Fsp3) is 0. The van der Waals surface area contributed by atoms with Crippen LogP contribution in [0.4, 0.5) is 0 Å². The minimum atomic E-state index is -0.963. The lowest BCUT2D eigenvalue weighted by atomic mass is 10.2.